The number of nitrogen functional groups attached to an aromatic ring is 1. The third-order valence-corrected chi connectivity index (χ3v) is 6.10. The van der Waals surface area contributed by atoms with Gasteiger partial charge in [0.1, 0.15) is 11.9 Å². The van der Waals surface area contributed by atoms with E-state index >= 15 is 0 Å². The largest absolute Gasteiger partial charge is 0.384 e. The molecule has 1 fully saturated rings. The van der Waals surface area contributed by atoms with Crippen molar-refractivity contribution in [2.24, 2.45) is 0 Å². The van der Waals surface area contributed by atoms with Crippen LogP contribution in [0.4, 0.5) is 11.5 Å². The predicted octanol–water partition coefficient (Wildman–Crippen LogP) is 5.11. The number of nitriles is 1. The number of anilines is 2. The van der Waals surface area contributed by atoms with Gasteiger partial charge in [-0.05, 0) is 17.7 Å². The number of halogens is 1. The van der Waals surface area contributed by atoms with E-state index in [1.54, 1.807) is 0 Å². The van der Waals surface area contributed by atoms with E-state index in [0.717, 1.165) is 56.1 Å². The van der Waals surface area contributed by atoms with Gasteiger partial charge in [-0.1, -0.05) is 52.3 Å². The number of ether oxygens (including phenoxy) is 1. The number of hydrogen-bond donors (Lipinski definition) is 1. The maximum Gasteiger partial charge on any atom is 0.126 e. The second-order valence-corrected chi connectivity index (χ2v) is 8.22. The molecule has 5 rings (SSSR count). The summed E-state index contributed by atoms with van der Waals surface area (Å²) in [5, 5.41) is 13.0. The molecule has 2 N–H and O–H groups in total. The molecule has 1 aliphatic heterocycles. The lowest BCUT2D eigenvalue weighted by molar-refractivity contribution is 0.123. The molecule has 30 heavy (non-hydrogen) atoms. The molecule has 4 aromatic rings. The van der Waals surface area contributed by atoms with E-state index in [1.165, 1.54) is 0 Å². The van der Waals surface area contributed by atoms with E-state index in [1.807, 2.05) is 54.6 Å². The molecule has 3 aromatic carbocycles. The molecule has 0 unspecified atom stereocenters. The van der Waals surface area contributed by atoms with Gasteiger partial charge in [-0.25, -0.2) is 4.98 Å². The van der Waals surface area contributed by atoms with Gasteiger partial charge in [0.15, 0.2) is 0 Å². The number of rotatable bonds is 2. The molecule has 0 bridgehead atoms. The lowest BCUT2D eigenvalue weighted by Gasteiger charge is -2.31. The summed E-state index contributed by atoms with van der Waals surface area (Å²) in [5.41, 5.74) is 10.6. The van der Waals surface area contributed by atoms with E-state index in [-0.39, 0.29) is 0 Å². The quantitative estimate of drug-likeness (QED) is 0.422. The van der Waals surface area contributed by atoms with Crippen LogP contribution < -0.4 is 10.6 Å². The summed E-state index contributed by atoms with van der Waals surface area (Å²) in [6, 6.07) is 20.4. The highest BCUT2D eigenvalue weighted by atomic mass is 79.9. The molecule has 2 heterocycles. The standard InChI is InChI=1S/C24H19BrN4O/c25-16-7-5-15(6-8-16)22-19(14-26)17-3-1-2-4-18(17)24-23(22)20(13-21(27)28-24)29-9-11-30-12-10-29/h1-8,13H,9-12H2,(H2,27,28). The Balaban J connectivity index is 1.98. The molecule has 0 amide bonds. The molecule has 0 aliphatic carbocycles. The summed E-state index contributed by atoms with van der Waals surface area (Å²) in [6.07, 6.45) is 0. The average molecular weight is 459 g/mol. The van der Waals surface area contributed by atoms with Gasteiger partial charge in [0.25, 0.3) is 0 Å². The highest BCUT2D eigenvalue weighted by molar-refractivity contribution is 9.10. The molecule has 0 radical (unpaired) electrons. The molecule has 0 spiro atoms. The lowest BCUT2D eigenvalue weighted by Crippen LogP contribution is -2.36. The van der Waals surface area contributed by atoms with Gasteiger partial charge >= 0.3 is 0 Å². The number of fused-ring (bicyclic) bond motifs is 3. The molecule has 0 atom stereocenters. The first-order chi connectivity index (χ1) is 14.7. The molecule has 1 saturated heterocycles. The minimum Gasteiger partial charge on any atom is -0.384 e. The monoisotopic (exact) mass is 458 g/mol. The summed E-state index contributed by atoms with van der Waals surface area (Å²) in [6.45, 7) is 2.87. The summed E-state index contributed by atoms with van der Waals surface area (Å²) in [7, 11) is 0. The number of aromatic nitrogens is 1. The van der Waals surface area contributed by atoms with Crippen molar-refractivity contribution >= 4 is 49.1 Å². The molecule has 148 valence electrons. The number of nitrogens with two attached hydrogens (primary N) is 1. The van der Waals surface area contributed by atoms with E-state index in [0.29, 0.717) is 24.6 Å². The predicted molar refractivity (Wildman–Crippen MR) is 125 cm³/mol. The zero-order valence-electron chi connectivity index (χ0n) is 16.2. The summed E-state index contributed by atoms with van der Waals surface area (Å²) < 4.78 is 6.55. The molecule has 1 aromatic heterocycles. The minimum atomic E-state index is 0.473. The highest BCUT2D eigenvalue weighted by Crippen LogP contribution is 2.43. The van der Waals surface area contributed by atoms with Crippen molar-refractivity contribution in [1.29, 1.82) is 5.26 Å². The molecule has 5 nitrogen and oxygen atoms in total. The van der Waals surface area contributed by atoms with Crippen LogP contribution in [-0.4, -0.2) is 31.3 Å². The van der Waals surface area contributed by atoms with Crippen LogP contribution in [0.5, 0.6) is 0 Å². The fraction of sp³-hybridized carbons (Fsp3) is 0.167. The Morgan fingerprint density at radius 1 is 1.03 bits per heavy atom. The van der Waals surface area contributed by atoms with Gasteiger partial charge in [-0.2, -0.15) is 5.26 Å². The van der Waals surface area contributed by atoms with Crippen LogP contribution in [0.25, 0.3) is 32.8 Å². The smallest absolute Gasteiger partial charge is 0.126 e. The fourth-order valence-electron chi connectivity index (χ4n) is 4.23. The first-order valence-corrected chi connectivity index (χ1v) is 10.6. The van der Waals surface area contributed by atoms with Gasteiger partial charge in [0.2, 0.25) is 0 Å². The van der Waals surface area contributed by atoms with Gasteiger partial charge in [0.05, 0.1) is 30.0 Å². The fourth-order valence-corrected chi connectivity index (χ4v) is 4.50. The van der Waals surface area contributed by atoms with Gasteiger partial charge in [-0.15, -0.1) is 0 Å². The summed E-state index contributed by atoms with van der Waals surface area (Å²) >= 11 is 3.51. The van der Waals surface area contributed by atoms with Crippen molar-refractivity contribution in [3.8, 4) is 17.2 Å². The number of pyridine rings is 1. The van der Waals surface area contributed by atoms with E-state index in [2.05, 4.69) is 26.9 Å². The normalized spacial score (nSPS) is 14.2. The first-order valence-electron chi connectivity index (χ1n) is 9.81. The Hall–Kier alpha value is -3.14. The van der Waals surface area contributed by atoms with E-state index in [9.17, 15) is 5.26 Å². The Bertz CT molecular complexity index is 1310. The van der Waals surface area contributed by atoms with Gasteiger partial charge < -0.3 is 15.4 Å². The Kier molecular flexibility index (Phi) is 4.78. The zero-order chi connectivity index (χ0) is 20.7. The third-order valence-electron chi connectivity index (χ3n) is 5.57. The number of hydrogen-bond acceptors (Lipinski definition) is 5. The van der Waals surface area contributed by atoms with Gasteiger partial charge in [0, 0.05) is 45.4 Å². The maximum absolute atomic E-state index is 10.2. The Labute approximate surface area is 182 Å². The van der Waals surface area contributed by atoms with Crippen LogP contribution in [0.2, 0.25) is 0 Å². The number of benzene rings is 3. The highest BCUT2D eigenvalue weighted by Gasteiger charge is 2.23. The first kappa shape index (κ1) is 18.9. The molecule has 0 saturated carbocycles. The van der Waals surface area contributed by atoms with Crippen LogP contribution >= 0.6 is 15.9 Å². The van der Waals surface area contributed by atoms with Crippen molar-refractivity contribution in [2.45, 2.75) is 0 Å². The van der Waals surface area contributed by atoms with E-state index < -0.39 is 0 Å². The average Bonchev–Trinajstić information content (AvgIpc) is 2.79. The van der Waals surface area contributed by atoms with Crippen LogP contribution in [-0.2, 0) is 4.74 Å². The lowest BCUT2D eigenvalue weighted by atomic mass is 9.89. The molecule has 1 aliphatic rings. The van der Waals surface area contributed by atoms with Crippen molar-refractivity contribution in [2.75, 3.05) is 36.9 Å². The second kappa shape index (κ2) is 7.60. The molecular formula is C24H19BrN4O. The van der Waals surface area contributed by atoms with Crippen molar-refractivity contribution < 1.29 is 4.74 Å². The van der Waals surface area contributed by atoms with Crippen LogP contribution in [0, 0.1) is 11.3 Å². The minimum absolute atomic E-state index is 0.473. The van der Waals surface area contributed by atoms with Crippen molar-refractivity contribution in [3.05, 3.63) is 64.6 Å². The number of nitrogens with zero attached hydrogens (tertiary/aromatic N) is 3. The van der Waals surface area contributed by atoms with Gasteiger partial charge in [-0.3, -0.25) is 0 Å². The zero-order valence-corrected chi connectivity index (χ0v) is 17.8. The summed E-state index contributed by atoms with van der Waals surface area (Å²) in [4.78, 5) is 7.02. The summed E-state index contributed by atoms with van der Waals surface area (Å²) in [5.74, 6) is 0.473. The molecular weight excluding hydrogens is 440 g/mol. The molecule has 6 heteroatoms. The number of morpholine rings is 1. The Morgan fingerprint density at radius 2 is 1.73 bits per heavy atom. The van der Waals surface area contributed by atoms with Crippen LogP contribution in [0.3, 0.4) is 0 Å². The van der Waals surface area contributed by atoms with Crippen LogP contribution in [0.15, 0.2) is 59.1 Å². The SMILES string of the molecule is N#Cc1c(-c2ccc(Br)cc2)c2c(N3CCOCC3)cc(N)nc2c2ccccc12. The van der Waals surface area contributed by atoms with E-state index in [4.69, 9.17) is 15.5 Å². The second-order valence-electron chi connectivity index (χ2n) is 7.30. The third kappa shape index (κ3) is 3.07. The Morgan fingerprint density at radius 3 is 2.43 bits per heavy atom. The topological polar surface area (TPSA) is 75.2 Å². The van der Waals surface area contributed by atoms with Crippen LogP contribution in [0.1, 0.15) is 5.56 Å². The maximum atomic E-state index is 10.2. The van der Waals surface area contributed by atoms with Crippen molar-refractivity contribution in [1.82, 2.24) is 4.98 Å². The van der Waals surface area contributed by atoms with Crippen molar-refractivity contribution in [3.63, 3.8) is 0 Å².